The van der Waals surface area contributed by atoms with Crippen LogP contribution in [0, 0.1) is 0 Å². The summed E-state index contributed by atoms with van der Waals surface area (Å²) in [5, 5.41) is 11.0. The molecule has 0 aliphatic carbocycles. The smallest absolute Gasteiger partial charge is 0.341 e. The average Bonchev–Trinajstić information content (AvgIpc) is 3.05. The fourth-order valence-electron chi connectivity index (χ4n) is 3.30. The first kappa shape index (κ1) is 21.9. The van der Waals surface area contributed by atoms with Gasteiger partial charge in [0.05, 0.1) is 17.2 Å². The zero-order valence-electron chi connectivity index (χ0n) is 17.1. The van der Waals surface area contributed by atoms with Crippen LogP contribution in [0.25, 0.3) is 16.8 Å². The van der Waals surface area contributed by atoms with Crippen molar-refractivity contribution in [1.29, 1.82) is 0 Å². The number of carboxylic acid groups (broad SMARTS) is 1. The van der Waals surface area contributed by atoms with Gasteiger partial charge < -0.3 is 14.6 Å². The predicted octanol–water partition coefficient (Wildman–Crippen LogP) is 5.11. The number of rotatable bonds is 7. The Bertz CT molecular complexity index is 1250. The fourth-order valence-corrected chi connectivity index (χ4v) is 4.60. The molecule has 1 saturated heterocycles. The molecule has 1 aliphatic rings. The van der Waals surface area contributed by atoms with Crippen molar-refractivity contribution in [2.45, 2.75) is 6.92 Å². The number of carboxylic acids is 1. The summed E-state index contributed by atoms with van der Waals surface area (Å²) in [6, 6.07) is 18.8. The molecule has 3 aromatic rings. The molecule has 8 heteroatoms. The molecule has 0 atom stereocenters. The monoisotopic (exact) mass is 465 g/mol. The van der Waals surface area contributed by atoms with Gasteiger partial charge in [-0.25, -0.2) is 4.79 Å². The van der Waals surface area contributed by atoms with E-state index in [2.05, 4.69) is 0 Å². The maximum atomic E-state index is 13.1. The molecule has 1 amide bonds. The molecule has 1 heterocycles. The lowest BCUT2D eigenvalue weighted by Crippen LogP contribution is -2.27. The van der Waals surface area contributed by atoms with Crippen molar-refractivity contribution in [3.63, 3.8) is 0 Å². The van der Waals surface area contributed by atoms with E-state index in [1.165, 1.54) is 16.7 Å². The summed E-state index contributed by atoms with van der Waals surface area (Å²) in [5.41, 5.74) is 1.44. The molecule has 1 aliphatic heterocycles. The first-order chi connectivity index (χ1) is 15.5. The minimum absolute atomic E-state index is 0.195. The molecule has 1 fully saturated rings. The van der Waals surface area contributed by atoms with Gasteiger partial charge in [-0.1, -0.05) is 60.4 Å². The number of aliphatic carboxylic acids is 1. The average molecular weight is 466 g/mol. The van der Waals surface area contributed by atoms with Crippen molar-refractivity contribution >= 4 is 62.7 Å². The van der Waals surface area contributed by atoms with Crippen molar-refractivity contribution in [2.75, 3.05) is 18.1 Å². The number of amides is 1. The van der Waals surface area contributed by atoms with E-state index in [1.54, 1.807) is 24.3 Å². The van der Waals surface area contributed by atoms with Crippen LogP contribution in [0.1, 0.15) is 12.5 Å². The minimum atomic E-state index is -1.08. The topological polar surface area (TPSA) is 76.1 Å². The van der Waals surface area contributed by atoms with Gasteiger partial charge in [0.1, 0.15) is 0 Å². The molecule has 0 bridgehead atoms. The summed E-state index contributed by atoms with van der Waals surface area (Å²) in [6.45, 7) is 1.74. The maximum absolute atomic E-state index is 13.1. The van der Waals surface area contributed by atoms with Gasteiger partial charge in [0.25, 0.3) is 5.91 Å². The quantitative estimate of drug-likeness (QED) is 0.384. The highest BCUT2D eigenvalue weighted by Crippen LogP contribution is 2.38. The van der Waals surface area contributed by atoms with E-state index in [1.807, 2.05) is 49.4 Å². The molecule has 0 unspecified atom stereocenters. The summed E-state index contributed by atoms with van der Waals surface area (Å²) < 4.78 is 11.3. The summed E-state index contributed by atoms with van der Waals surface area (Å²) in [4.78, 5) is 26.0. The Morgan fingerprint density at radius 3 is 2.59 bits per heavy atom. The standard InChI is InChI=1S/C24H19NO5S2/c1-2-29-20-11-15(7-10-19(20)30-14-22(26)27)12-21-23(28)25(24(31)32-21)18-9-8-16-5-3-4-6-17(16)13-18/h3-13H,2,14H2,1H3,(H,26,27)/b21-12+. The Balaban J connectivity index is 1.61. The van der Waals surface area contributed by atoms with Gasteiger partial charge in [-0.15, -0.1) is 0 Å². The van der Waals surface area contributed by atoms with Gasteiger partial charge in [0, 0.05) is 0 Å². The molecule has 0 radical (unpaired) electrons. The zero-order valence-corrected chi connectivity index (χ0v) is 18.7. The van der Waals surface area contributed by atoms with Gasteiger partial charge in [-0.3, -0.25) is 9.69 Å². The molecule has 1 N–H and O–H groups in total. The number of ether oxygens (including phenoxy) is 2. The Labute approximate surface area is 194 Å². The highest BCUT2D eigenvalue weighted by molar-refractivity contribution is 8.27. The van der Waals surface area contributed by atoms with E-state index in [0.717, 1.165) is 22.0 Å². The van der Waals surface area contributed by atoms with Crippen molar-refractivity contribution in [1.82, 2.24) is 0 Å². The van der Waals surface area contributed by atoms with Crippen LogP contribution in [-0.4, -0.2) is 34.5 Å². The second-order valence-corrected chi connectivity index (χ2v) is 8.55. The highest BCUT2D eigenvalue weighted by Gasteiger charge is 2.33. The maximum Gasteiger partial charge on any atom is 0.341 e. The van der Waals surface area contributed by atoms with Crippen molar-refractivity contribution < 1.29 is 24.2 Å². The molecule has 0 saturated carbocycles. The third-order valence-electron chi connectivity index (χ3n) is 4.70. The second kappa shape index (κ2) is 9.42. The number of anilines is 1. The number of thioether (sulfide) groups is 1. The third-order valence-corrected chi connectivity index (χ3v) is 6.00. The van der Waals surface area contributed by atoms with Gasteiger partial charge >= 0.3 is 5.97 Å². The number of hydrogen-bond acceptors (Lipinski definition) is 6. The van der Waals surface area contributed by atoms with Crippen molar-refractivity contribution in [2.24, 2.45) is 0 Å². The number of benzene rings is 3. The van der Waals surface area contributed by atoms with E-state index >= 15 is 0 Å². The van der Waals surface area contributed by atoms with Crippen LogP contribution in [0.3, 0.4) is 0 Å². The number of nitrogens with zero attached hydrogens (tertiary/aromatic N) is 1. The van der Waals surface area contributed by atoms with Crippen LogP contribution in [0.5, 0.6) is 11.5 Å². The second-order valence-electron chi connectivity index (χ2n) is 6.87. The molecular formula is C24H19NO5S2. The lowest BCUT2D eigenvalue weighted by molar-refractivity contribution is -0.139. The van der Waals surface area contributed by atoms with E-state index in [-0.39, 0.29) is 5.91 Å². The van der Waals surface area contributed by atoms with E-state index in [4.69, 9.17) is 26.8 Å². The molecule has 3 aromatic carbocycles. The van der Waals surface area contributed by atoms with E-state index in [9.17, 15) is 9.59 Å². The predicted molar refractivity (Wildman–Crippen MR) is 130 cm³/mol. The van der Waals surface area contributed by atoms with Crippen LogP contribution in [0.15, 0.2) is 65.6 Å². The number of hydrogen-bond donors (Lipinski definition) is 1. The molecule has 0 aromatic heterocycles. The molecule has 0 spiro atoms. The zero-order chi connectivity index (χ0) is 22.7. The molecular weight excluding hydrogens is 446 g/mol. The Kier molecular flexibility index (Phi) is 6.43. The first-order valence-electron chi connectivity index (χ1n) is 9.84. The third kappa shape index (κ3) is 4.61. The van der Waals surface area contributed by atoms with Gasteiger partial charge in [0.15, 0.2) is 22.4 Å². The first-order valence-corrected chi connectivity index (χ1v) is 11.1. The Morgan fingerprint density at radius 1 is 1.06 bits per heavy atom. The van der Waals surface area contributed by atoms with E-state index < -0.39 is 12.6 Å². The van der Waals surface area contributed by atoms with Crippen molar-refractivity contribution in [3.05, 3.63) is 71.1 Å². The Hall–Kier alpha value is -3.36. The van der Waals surface area contributed by atoms with Crippen LogP contribution in [0.2, 0.25) is 0 Å². The highest BCUT2D eigenvalue weighted by atomic mass is 32.2. The van der Waals surface area contributed by atoms with Gasteiger partial charge in [-0.2, -0.15) is 0 Å². The number of thiocarbonyl (C=S) groups is 1. The summed E-state index contributed by atoms with van der Waals surface area (Å²) in [6.07, 6.45) is 1.74. The summed E-state index contributed by atoms with van der Waals surface area (Å²) >= 11 is 6.72. The van der Waals surface area contributed by atoms with Crippen LogP contribution >= 0.6 is 24.0 Å². The summed E-state index contributed by atoms with van der Waals surface area (Å²) in [5.74, 6) is -0.532. The summed E-state index contributed by atoms with van der Waals surface area (Å²) in [7, 11) is 0. The van der Waals surface area contributed by atoms with Crippen LogP contribution in [-0.2, 0) is 9.59 Å². The number of carbonyl (C=O) groups is 2. The van der Waals surface area contributed by atoms with Gasteiger partial charge in [-0.05, 0) is 53.6 Å². The van der Waals surface area contributed by atoms with Crippen LogP contribution < -0.4 is 14.4 Å². The molecule has 162 valence electrons. The number of fused-ring (bicyclic) bond motifs is 1. The SMILES string of the molecule is CCOc1cc(/C=C2/SC(=S)N(c3ccc4ccccc4c3)C2=O)ccc1OCC(=O)O. The van der Waals surface area contributed by atoms with Crippen LogP contribution in [0.4, 0.5) is 5.69 Å². The minimum Gasteiger partial charge on any atom is -0.490 e. The fraction of sp³-hybridized carbons (Fsp3) is 0.125. The Morgan fingerprint density at radius 2 is 1.84 bits per heavy atom. The normalized spacial score (nSPS) is 14.9. The number of carbonyl (C=O) groups excluding carboxylic acids is 1. The van der Waals surface area contributed by atoms with E-state index in [0.29, 0.717) is 27.3 Å². The lowest BCUT2D eigenvalue weighted by Gasteiger charge is -2.15. The lowest BCUT2D eigenvalue weighted by atomic mass is 10.1. The molecule has 6 nitrogen and oxygen atoms in total. The van der Waals surface area contributed by atoms with Gasteiger partial charge in [0.2, 0.25) is 0 Å². The largest absolute Gasteiger partial charge is 0.490 e. The van der Waals surface area contributed by atoms with Crippen molar-refractivity contribution in [3.8, 4) is 11.5 Å². The molecule has 32 heavy (non-hydrogen) atoms. The molecule has 4 rings (SSSR count).